The van der Waals surface area contributed by atoms with E-state index in [0.717, 1.165) is 11.3 Å². The van der Waals surface area contributed by atoms with Gasteiger partial charge in [0, 0.05) is 30.7 Å². The van der Waals surface area contributed by atoms with Crippen molar-refractivity contribution in [2.75, 3.05) is 18.9 Å². The van der Waals surface area contributed by atoms with Gasteiger partial charge in [0.25, 0.3) is 0 Å². The first-order valence-electron chi connectivity index (χ1n) is 6.15. The Morgan fingerprint density at radius 3 is 2.67 bits per heavy atom. The van der Waals surface area contributed by atoms with Crippen LogP contribution in [0, 0.1) is 5.41 Å². The molecule has 4 nitrogen and oxygen atoms in total. The van der Waals surface area contributed by atoms with E-state index in [2.05, 4.69) is 5.32 Å². The summed E-state index contributed by atoms with van der Waals surface area (Å²) in [6.45, 7) is 4.34. The van der Waals surface area contributed by atoms with Crippen LogP contribution >= 0.6 is 0 Å². The molecule has 100 valence electrons. The maximum atomic E-state index is 11.7. The van der Waals surface area contributed by atoms with Gasteiger partial charge in [-0.1, -0.05) is 32.0 Å². The fourth-order valence-corrected chi connectivity index (χ4v) is 1.49. The average Bonchev–Trinajstić information content (AvgIpc) is 2.35. The maximum absolute atomic E-state index is 11.7. The Balaban J connectivity index is 2.36. The lowest BCUT2D eigenvalue weighted by Gasteiger charge is -2.21. The van der Waals surface area contributed by atoms with E-state index >= 15 is 0 Å². The number of benzene rings is 1. The number of amides is 1. The largest absolute Gasteiger partial charge is 0.399 e. The number of rotatable bonds is 6. The summed E-state index contributed by atoms with van der Waals surface area (Å²) in [5.74, 6) is -0.0141. The minimum atomic E-state index is -0.276. The summed E-state index contributed by atoms with van der Waals surface area (Å²) in [4.78, 5) is 11.7. The van der Waals surface area contributed by atoms with Crippen LogP contribution in [0.25, 0.3) is 0 Å². The van der Waals surface area contributed by atoms with Crippen molar-refractivity contribution in [2.24, 2.45) is 5.41 Å². The summed E-state index contributed by atoms with van der Waals surface area (Å²) in [6, 6.07) is 7.56. The zero-order valence-electron chi connectivity index (χ0n) is 11.1. The van der Waals surface area contributed by atoms with E-state index in [-0.39, 0.29) is 17.9 Å². The van der Waals surface area contributed by atoms with Crippen LogP contribution < -0.4 is 11.1 Å². The first-order chi connectivity index (χ1) is 8.44. The Hall–Kier alpha value is -1.55. The monoisotopic (exact) mass is 250 g/mol. The molecule has 1 amide bonds. The molecule has 0 atom stereocenters. The summed E-state index contributed by atoms with van der Waals surface area (Å²) >= 11 is 0. The summed E-state index contributed by atoms with van der Waals surface area (Å²) in [7, 11) is 0. The van der Waals surface area contributed by atoms with Gasteiger partial charge in [-0.3, -0.25) is 4.79 Å². The van der Waals surface area contributed by atoms with Gasteiger partial charge >= 0.3 is 0 Å². The van der Waals surface area contributed by atoms with Gasteiger partial charge in [-0.05, 0) is 18.1 Å². The van der Waals surface area contributed by atoms with Crippen LogP contribution in [0.1, 0.15) is 25.8 Å². The Bertz CT molecular complexity index is 403. The summed E-state index contributed by atoms with van der Waals surface area (Å²) in [5, 5.41) is 11.9. The number of aliphatic hydroxyl groups is 1. The van der Waals surface area contributed by atoms with Gasteiger partial charge in [-0.2, -0.15) is 0 Å². The van der Waals surface area contributed by atoms with Crippen LogP contribution in [-0.2, 0) is 11.2 Å². The van der Waals surface area contributed by atoms with Gasteiger partial charge in [0.2, 0.25) is 5.91 Å². The van der Waals surface area contributed by atoms with Crippen LogP contribution in [0.3, 0.4) is 0 Å². The Kier molecular flexibility index (Phi) is 5.16. The summed E-state index contributed by atoms with van der Waals surface area (Å²) in [6.07, 6.45) is 1.05. The van der Waals surface area contributed by atoms with Gasteiger partial charge < -0.3 is 16.2 Å². The molecule has 0 bridgehead atoms. The number of aryl methyl sites for hydroxylation is 1. The quantitative estimate of drug-likeness (QED) is 0.667. The molecule has 0 saturated carbocycles. The molecule has 0 spiro atoms. The lowest BCUT2D eigenvalue weighted by Crippen LogP contribution is -2.36. The Morgan fingerprint density at radius 1 is 1.39 bits per heavy atom. The van der Waals surface area contributed by atoms with Crippen LogP contribution in [0.15, 0.2) is 24.3 Å². The van der Waals surface area contributed by atoms with Gasteiger partial charge in [0.1, 0.15) is 0 Å². The number of para-hydroxylation sites is 1. The molecule has 0 saturated heterocycles. The lowest BCUT2D eigenvalue weighted by atomic mass is 9.95. The molecule has 0 unspecified atom stereocenters. The number of nitrogens with two attached hydrogens (primary N) is 1. The molecule has 4 N–H and O–H groups in total. The van der Waals surface area contributed by atoms with E-state index in [1.54, 1.807) is 0 Å². The van der Waals surface area contributed by atoms with E-state index in [0.29, 0.717) is 19.4 Å². The molecule has 1 aromatic carbocycles. The van der Waals surface area contributed by atoms with Gasteiger partial charge in [-0.15, -0.1) is 0 Å². The molecule has 0 heterocycles. The fraction of sp³-hybridized carbons (Fsp3) is 0.500. The van der Waals surface area contributed by atoms with E-state index in [1.165, 1.54) is 0 Å². The minimum Gasteiger partial charge on any atom is -0.399 e. The first-order valence-corrected chi connectivity index (χ1v) is 6.15. The highest BCUT2D eigenvalue weighted by Gasteiger charge is 2.17. The number of hydrogen-bond acceptors (Lipinski definition) is 3. The van der Waals surface area contributed by atoms with Crippen molar-refractivity contribution in [3.8, 4) is 0 Å². The topological polar surface area (TPSA) is 75.3 Å². The van der Waals surface area contributed by atoms with Crippen LogP contribution in [0.2, 0.25) is 0 Å². The van der Waals surface area contributed by atoms with Crippen LogP contribution in [0.4, 0.5) is 5.69 Å². The number of nitrogens with one attached hydrogen (secondary N) is 1. The highest BCUT2D eigenvalue weighted by molar-refractivity contribution is 5.76. The SMILES string of the molecule is CC(C)(CO)CNC(=O)CCc1ccccc1N. The number of carbonyl (C=O) groups excluding carboxylic acids is 1. The average molecular weight is 250 g/mol. The van der Waals surface area contributed by atoms with E-state index in [9.17, 15) is 4.79 Å². The van der Waals surface area contributed by atoms with Gasteiger partial charge in [0.05, 0.1) is 0 Å². The van der Waals surface area contributed by atoms with Crippen molar-refractivity contribution in [1.82, 2.24) is 5.32 Å². The van der Waals surface area contributed by atoms with Gasteiger partial charge in [0.15, 0.2) is 0 Å². The van der Waals surface area contributed by atoms with E-state index < -0.39 is 0 Å². The van der Waals surface area contributed by atoms with E-state index in [4.69, 9.17) is 10.8 Å². The second-order valence-corrected chi connectivity index (χ2v) is 5.30. The molecule has 0 aromatic heterocycles. The highest BCUT2D eigenvalue weighted by atomic mass is 16.3. The zero-order valence-corrected chi connectivity index (χ0v) is 11.1. The summed E-state index contributed by atoms with van der Waals surface area (Å²) in [5.41, 5.74) is 7.25. The number of aliphatic hydroxyl groups excluding tert-OH is 1. The molecule has 0 fully saturated rings. The van der Waals surface area contributed by atoms with Crippen molar-refractivity contribution < 1.29 is 9.90 Å². The molecule has 1 rings (SSSR count). The van der Waals surface area contributed by atoms with Crippen molar-refractivity contribution >= 4 is 11.6 Å². The standard InChI is InChI=1S/C14H22N2O2/c1-14(2,10-17)9-16-13(18)8-7-11-5-3-4-6-12(11)15/h3-6,17H,7-10,15H2,1-2H3,(H,16,18). The minimum absolute atomic E-state index is 0.0141. The predicted octanol–water partition coefficient (Wildman–Crippen LogP) is 1.34. The lowest BCUT2D eigenvalue weighted by molar-refractivity contribution is -0.121. The van der Waals surface area contributed by atoms with Crippen LogP contribution in [-0.4, -0.2) is 24.2 Å². The number of hydrogen-bond donors (Lipinski definition) is 3. The van der Waals surface area contributed by atoms with Crippen molar-refractivity contribution in [3.05, 3.63) is 29.8 Å². The normalized spacial score (nSPS) is 11.3. The number of carbonyl (C=O) groups is 1. The third-order valence-electron chi connectivity index (χ3n) is 2.87. The third-order valence-corrected chi connectivity index (χ3v) is 2.87. The molecule has 1 aromatic rings. The highest BCUT2D eigenvalue weighted by Crippen LogP contribution is 2.13. The van der Waals surface area contributed by atoms with Crippen LogP contribution in [0.5, 0.6) is 0 Å². The molecular formula is C14H22N2O2. The number of anilines is 1. The zero-order chi connectivity index (χ0) is 13.6. The molecule has 18 heavy (non-hydrogen) atoms. The van der Waals surface area contributed by atoms with E-state index in [1.807, 2.05) is 38.1 Å². The summed E-state index contributed by atoms with van der Waals surface area (Å²) < 4.78 is 0. The molecule has 0 aliphatic carbocycles. The smallest absolute Gasteiger partial charge is 0.220 e. The molecule has 4 heteroatoms. The van der Waals surface area contributed by atoms with Crippen molar-refractivity contribution in [2.45, 2.75) is 26.7 Å². The van der Waals surface area contributed by atoms with Crippen molar-refractivity contribution in [3.63, 3.8) is 0 Å². The second kappa shape index (κ2) is 6.40. The molecule has 0 radical (unpaired) electrons. The fourth-order valence-electron chi connectivity index (χ4n) is 1.49. The molecule has 0 aliphatic rings. The van der Waals surface area contributed by atoms with Crippen molar-refractivity contribution in [1.29, 1.82) is 0 Å². The Morgan fingerprint density at radius 2 is 2.06 bits per heavy atom. The first kappa shape index (κ1) is 14.5. The maximum Gasteiger partial charge on any atom is 0.220 e. The Labute approximate surface area is 108 Å². The number of nitrogen functional groups attached to an aromatic ring is 1. The third kappa shape index (κ3) is 4.75. The predicted molar refractivity (Wildman–Crippen MR) is 73.1 cm³/mol. The van der Waals surface area contributed by atoms with Gasteiger partial charge in [-0.25, -0.2) is 0 Å². The molecule has 0 aliphatic heterocycles. The molecular weight excluding hydrogens is 228 g/mol. The second-order valence-electron chi connectivity index (χ2n) is 5.30.